The van der Waals surface area contributed by atoms with E-state index in [0.29, 0.717) is 0 Å². The van der Waals surface area contributed by atoms with Crippen molar-refractivity contribution in [1.29, 1.82) is 0 Å². The van der Waals surface area contributed by atoms with Crippen LogP contribution in [0.4, 0.5) is 0 Å². The highest BCUT2D eigenvalue weighted by molar-refractivity contribution is 9.10. The van der Waals surface area contributed by atoms with Gasteiger partial charge in [-0.1, -0.05) is 6.92 Å². The molecule has 1 atom stereocenters. The molecule has 0 amide bonds. The Balaban J connectivity index is 2.37. The molecule has 1 N–H and O–H groups in total. The summed E-state index contributed by atoms with van der Waals surface area (Å²) in [6.45, 7) is 5.88. The van der Waals surface area contributed by atoms with Crippen molar-refractivity contribution < 1.29 is 0 Å². The van der Waals surface area contributed by atoms with E-state index in [0.717, 1.165) is 36.1 Å². The minimum absolute atomic E-state index is 0.282. The monoisotopic (exact) mass is 307 g/mol. The molecule has 1 aromatic rings. The van der Waals surface area contributed by atoms with Gasteiger partial charge in [0.15, 0.2) is 0 Å². The Labute approximate surface area is 111 Å². The molecule has 0 aromatic carbocycles. The predicted molar refractivity (Wildman–Crippen MR) is 71.9 cm³/mol. The number of rotatable bonds is 6. The van der Waals surface area contributed by atoms with Crippen molar-refractivity contribution in [2.24, 2.45) is 7.05 Å². The first-order valence-electron chi connectivity index (χ1n) is 5.59. The third kappa shape index (κ3) is 3.75. The molecule has 3 nitrogen and oxygen atoms in total. The zero-order chi connectivity index (χ0) is 12.1. The lowest BCUT2D eigenvalue weighted by atomic mass is 10.2. The second-order valence-electron chi connectivity index (χ2n) is 3.94. The largest absolute Gasteiger partial charge is 0.311 e. The Morgan fingerprint density at radius 2 is 2.25 bits per heavy atom. The van der Waals surface area contributed by atoms with E-state index in [4.69, 9.17) is 11.6 Å². The number of nitrogens with zero attached hydrogens (tertiary/aromatic N) is 2. The van der Waals surface area contributed by atoms with Crippen LogP contribution >= 0.6 is 27.5 Å². The fourth-order valence-corrected chi connectivity index (χ4v) is 2.13. The molecule has 5 heteroatoms. The Morgan fingerprint density at radius 1 is 1.56 bits per heavy atom. The van der Waals surface area contributed by atoms with E-state index in [-0.39, 0.29) is 5.38 Å². The van der Waals surface area contributed by atoms with Gasteiger partial charge >= 0.3 is 0 Å². The average molecular weight is 309 g/mol. The molecule has 0 spiro atoms. The van der Waals surface area contributed by atoms with Gasteiger partial charge in [-0.05, 0) is 42.2 Å². The van der Waals surface area contributed by atoms with E-state index in [2.05, 4.69) is 33.3 Å². The van der Waals surface area contributed by atoms with Crippen LogP contribution in [-0.4, -0.2) is 21.7 Å². The Kier molecular flexibility index (Phi) is 5.79. The van der Waals surface area contributed by atoms with Gasteiger partial charge < -0.3 is 5.32 Å². The standard InChI is InChI=1S/C11H19BrClN3/c1-4-9(13)5-6-14-7-10-11(12)8(2)15-16(10)3/h9,14H,4-7H2,1-3H3. The molecule has 0 radical (unpaired) electrons. The van der Waals surface area contributed by atoms with Crippen LogP contribution in [0, 0.1) is 6.92 Å². The Morgan fingerprint density at radius 3 is 2.75 bits per heavy atom. The summed E-state index contributed by atoms with van der Waals surface area (Å²) < 4.78 is 3.00. The van der Waals surface area contributed by atoms with Crippen molar-refractivity contribution in [3.63, 3.8) is 0 Å². The maximum Gasteiger partial charge on any atom is 0.0739 e. The summed E-state index contributed by atoms with van der Waals surface area (Å²) in [6, 6.07) is 0. The van der Waals surface area contributed by atoms with Crippen molar-refractivity contribution in [2.45, 2.75) is 38.6 Å². The van der Waals surface area contributed by atoms with Crippen molar-refractivity contribution in [1.82, 2.24) is 15.1 Å². The molecule has 0 fully saturated rings. The molecule has 1 heterocycles. The summed E-state index contributed by atoms with van der Waals surface area (Å²) in [5.41, 5.74) is 2.21. The average Bonchev–Trinajstić information content (AvgIpc) is 2.49. The lowest BCUT2D eigenvalue weighted by Gasteiger charge is -2.08. The van der Waals surface area contributed by atoms with Crippen molar-refractivity contribution in [2.75, 3.05) is 6.54 Å². The highest BCUT2D eigenvalue weighted by Gasteiger charge is 2.09. The summed E-state index contributed by atoms with van der Waals surface area (Å²) in [5.74, 6) is 0. The minimum atomic E-state index is 0.282. The van der Waals surface area contributed by atoms with Gasteiger partial charge in [0.1, 0.15) is 0 Å². The number of alkyl halides is 1. The van der Waals surface area contributed by atoms with Gasteiger partial charge in [-0.2, -0.15) is 5.10 Å². The maximum absolute atomic E-state index is 6.05. The van der Waals surface area contributed by atoms with E-state index in [1.807, 2.05) is 18.7 Å². The number of aromatic nitrogens is 2. The zero-order valence-electron chi connectivity index (χ0n) is 10.1. The third-order valence-electron chi connectivity index (χ3n) is 2.63. The Bertz CT molecular complexity index is 338. The fourth-order valence-electron chi connectivity index (χ4n) is 1.54. The SMILES string of the molecule is CCC(Cl)CCNCc1c(Br)c(C)nn1C. The van der Waals surface area contributed by atoms with Crippen LogP contribution in [0.2, 0.25) is 0 Å². The van der Waals surface area contributed by atoms with Crippen molar-refractivity contribution >= 4 is 27.5 Å². The first kappa shape index (κ1) is 14.0. The number of nitrogens with one attached hydrogen (secondary N) is 1. The molecule has 0 aliphatic carbocycles. The molecule has 0 saturated carbocycles. The van der Waals surface area contributed by atoms with Crippen molar-refractivity contribution in [3.8, 4) is 0 Å². The molecule has 0 aliphatic heterocycles. The zero-order valence-corrected chi connectivity index (χ0v) is 12.4. The van der Waals surface area contributed by atoms with E-state index < -0.39 is 0 Å². The second-order valence-corrected chi connectivity index (χ2v) is 5.35. The summed E-state index contributed by atoms with van der Waals surface area (Å²) in [7, 11) is 1.96. The van der Waals surface area contributed by atoms with E-state index in [1.54, 1.807) is 0 Å². The lowest BCUT2D eigenvalue weighted by molar-refractivity contribution is 0.590. The summed E-state index contributed by atoms with van der Waals surface area (Å²) in [4.78, 5) is 0. The molecule has 0 saturated heterocycles. The van der Waals surface area contributed by atoms with E-state index in [1.165, 1.54) is 5.69 Å². The predicted octanol–water partition coefficient (Wildman–Crippen LogP) is 2.99. The molecule has 0 aliphatic rings. The van der Waals surface area contributed by atoms with Gasteiger partial charge in [0, 0.05) is 19.0 Å². The minimum Gasteiger partial charge on any atom is -0.311 e. The molecule has 1 rings (SSSR count). The van der Waals surface area contributed by atoms with Crippen LogP contribution in [0.25, 0.3) is 0 Å². The highest BCUT2D eigenvalue weighted by atomic mass is 79.9. The number of hydrogen-bond acceptors (Lipinski definition) is 2. The topological polar surface area (TPSA) is 29.9 Å². The maximum atomic E-state index is 6.05. The van der Waals surface area contributed by atoms with Gasteiger partial charge in [-0.15, -0.1) is 11.6 Å². The first-order valence-corrected chi connectivity index (χ1v) is 6.82. The highest BCUT2D eigenvalue weighted by Crippen LogP contribution is 2.19. The van der Waals surface area contributed by atoms with E-state index >= 15 is 0 Å². The molecule has 1 aromatic heterocycles. The first-order chi connectivity index (χ1) is 7.56. The van der Waals surface area contributed by atoms with Crippen LogP contribution in [0.15, 0.2) is 4.47 Å². The fraction of sp³-hybridized carbons (Fsp3) is 0.727. The van der Waals surface area contributed by atoms with Crippen molar-refractivity contribution in [3.05, 3.63) is 15.9 Å². The molecule has 92 valence electrons. The summed E-state index contributed by atoms with van der Waals surface area (Å²) >= 11 is 9.59. The summed E-state index contributed by atoms with van der Waals surface area (Å²) in [6.07, 6.45) is 2.03. The smallest absolute Gasteiger partial charge is 0.0739 e. The van der Waals surface area contributed by atoms with Crippen LogP contribution in [0.3, 0.4) is 0 Å². The van der Waals surface area contributed by atoms with Crippen LogP contribution in [0.5, 0.6) is 0 Å². The van der Waals surface area contributed by atoms with Gasteiger partial charge in [-0.25, -0.2) is 0 Å². The molecule has 1 unspecified atom stereocenters. The molecule has 16 heavy (non-hydrogen) atoms. The van der Waals surface area contributed by atoms with Gasteiger partial charge in [0.2, 0.25) is 0 Å². The van der Waals surface area contributed by atoms with E-state index in [9.17, 15) is 0 Å². The van der Waals surface area contributed by atoms with Crippen LogP contribution < -0.4 is 5.32 Å². The third-order valence-corrected chi connectivity index (χ3v) is 4.19. The number of aryl methyl sites for hydroxylation is 2. The Hall–Kier alpha value is -0.0600. The summed E-state index contributed by atoms with van der Waals surface area (Å²) in [5, 5.41) is 8.01. The van der Waals surface area contributed by atoms with Crippen LogP contribution in [0.1, 0.15) is 31.2 Å². The van der Waals surface area contributed by atoms with Crippen LogP contribution in [-0.2, 0) is 13.6 Å². The lowest BCUT2D eigenvalue weighted by Crippen LogP contribution is -2.19. The second kappa shape index (κ2) is 6.62. The molecular formula is C11H19BrClN3. The van der Waals surface area contributed by atoms with Gasteiger partial charge in [0.25, 0.3) is 0 Å². The number of hydrogen-bond donors (Lipinski definition) is 1. The van der Waals surface area contributed by atoms with Gasteiger partial charge in [-0.3, -0.25) is 4.68 Å². The molecule has 0 bridgehead atoms. The van der Waals surface area contributed by atoms with Gasteiger partial charge in [0.05, 0.1) is 15.9 Å². The normalized spacial score (nSPS) is 13.1. The molecular weight excluding hydrogens is 289 g/mol. The number of halogens is 2. The quantitative estimate of drug-likeness (QED) is 0.647.